The molecule has 1 aromatic rings. The monoisotopic (exact) mass is 268 g/mol. The van der Waals surface area contributed by atoms with E-state index in [1.165, 1.54) is 0 Å². The van der Waals surface area contributed by atoms with Crippen molar-refractivity contribution >= 4 is 23.0 Å². The highest BCUT2D eigenvalue weighted by Gasteiger charge is 2.20. The van der Waals surface area contributed by atoms with E-state index in [-0.39, 0.29) is 6.10 Å². The minimum Gasteiger partial charge on any atom is -0.393 e. The van der Waals surface area contributed by atoms with Crippen molar-refractivity contribution in [2.24, 2.45) is 0 Å². The third-order valence-electron chi connectivity index (χ3n) is 3.50. The lowest BCUT2D eigenvalue weighted by atomic mass is 9.93. The van der Waals surface area contributed by atoms with Gasteiger partial charge in [0.25, 0.3) is 0 Å². The van der Waals surface area contributed by atoms with Crippen LogP contribution in [0.4, 0.5) is 11.4 Å². The standard InChI is InChI=1S/C14H21ClN2O/c1-17(2)14-8-3-10(15)9-13(14)16-11-4-6-12(18)7-5-11/h3,8-9,11-12,16,18H,4-7H2,1-2H3. The molecule has 0 bridgehead atoms. The summed E-state index contributed by atoms with van der Waals surface area (Å²) in [7, 11) is 4.05. The third kappa shape index (κ3) is 3.30. The lowest BCUT2D eigenvalue weighted by molar-refractivity contribution is 0.126. The average Bonchev–Trinajstić information content (AvgIpc) is 2.32. The van der Waals surface area contributed by atoms with Gasteiger partial charge in [-0.2, -0.15) is 0 Å². The molecule has 100 valence electrons. The molecule has 0 heterocycles. The van der Waals surface area contributed by atoms with Crippen LogP contribution in [-0.4, -0.2) is 31.3 Å². The summed E-state index contributed by atoms with van der Waals surface area (Å²) in [6.45, 7) is 0. The topological polar surface area (TPSA) is 35.5 Å². The van der Waals surface area contributed by atoms with Gasteiger partial charge in [0.05, 0.1) is 17.5 Å². The van der Waals surface area contributed by atoms with Crippen molar-refractivity contribution in [3.8, 4) is 0 Å². The van der Waals surface area contributed by atoms with Gasteiger partial charge in [0.1, 0.15) is 0 Å². The molecule has 0 amide bonds. The minimum absolute atomic E-state index is 0.115. The van der Waals surface area contributed by atoms with Gasteiger partial charge >= 0.3 is 0 Å². The Bertz CT molecular complexity index is 401. The quantitative estimate of drug-likeness (QED) is 0.884. The van der Waals surface area contributed by atoms with Gasteiger partial charge in [-0.05, 0) is 43.9 Å². The second-order valence-corrected chi connectivity index (χ2v) is 5.64. The number of anilines is 2. The summed E-state index contributed by atoms with van der Waals surface area (Å²) >= 11 is 6.06. The van der Waals surface area contributed by atoms with Crippen LogP contribution in [0.2, 0.25) is 5.02 Å². The SMILES string of the molecule is CN(C)c1ccc(Cl)cc1NC1CCC(O)CC1. The first-order chi connectivity index (χ1) is 8.56. The molecule has 0 unspecified atom stereocenters. The predicted molar refractivity (Wildman–Crippen MR) is 77.7 cm³/mol. The molecule has 0 spiro atoms. The zero-order valence-electron chi connectivity index (χ0n) is 11.0. The highest BCUT2D eigenvalue weighted by Crippen LogP contribution is 2.30. The van der Waals surface area contributed by atoms with E-state index in [0.29, 0.717) is 6.04 Å². The number of rotatable bonds is 3. The maximum atomic E-state index is 9.52. The first kappa shape index (κ1) is 13.5. The Balaban J connectivity index is 2.10. The molecule has 3 nitrogen and oxygen atoms in total. The van der Waals surface area contributed by atoms with Crippen LogP contribution in [0.15, 0.2) is 18.2 Å². The molecule has 2 N–H and O–H groups in total. The summed E-state index contributed by atoms with van der Waals surface area (Å²) in [5.74, 6) is 0. The molecule has 0 atom stereocenters. The first-order valence-corrected chi connectivity index (χ1v) is 6.85. The summed E-state index contributed by atoms with van der Waals surface area (Å²) in [6.07, 6.45) is 3.68. The van der Waals surface area contributed by atoms with Crippen LogP contribution in [0.25, 0.3) is 0 Å². The van der Waals surface area contributed by atoms with Gasteiger partial charge in [0, 0.05) is 25.2 Å². The van der Waals surface area contributed by atoms with E-state index >= 15 is 0 Å². The lowest BCUT2D eigenvalue weighted by Crippen LogP contribution is -2.28. The molecule has 0 aromatic heterocycles. The van der Waals surface area contributed by atoms with Gasteiger partial charge < -0.3 is 15.3 Å². The highest BCUT2D eigenvalue weighted by molar-refractivity contribution is 6.31. The summed E-state index contributed by atoms with van der Waals surface area (Å²) in [4.78, 5) is 2.08. The Labute approximate surface area is 114 Å². The van der Waals surface area contributed by atoms with Gasteiger partial charge in [-0.25, -0.2) is 0 Å². The minimum atomic E-state index is -0.115. The van der Waals surface area contributed by atoms with Gasteiger partial charge in [-0.3, -0.25) is 0 Å². The van der Waals surface area contributed by atoms with Gasteiger partial charge in [-0.1, -0.05) is 11.6 Å². The average molecular weight is 269 g/mol. The molecule has 1 fully saturated rings. The van der Waals surface area contributed by atoms with Crippen molar-refractivity contribution in [1.82, 2.24) is 0 Å². The number of aliphatic hydroxyl groups is 1. The van der Waals surface area contributed by atoms with Gasteiger partial charge in [0.2, 0.25) is 0 Å². The fourth-order valence-corrected chi connectivity index (χ4v) is 2.63. The molecular formula is C14H21ClN2O. The highest BCUT2D eigenvalue weighted by atomic mass is 35.5. The van der Waals surface area contributed by atoms with E-state index in [1.807, 2.05) is 32.3 Å². The van der Waals surface area contributed by atoms with Crippen molar-refractivity contribution in [3.63, 3.8) is 0 Å². The molecule has 1 saturated carbocycles. The van der Waals surface area contributed by atoms with Gasteiger partial charge in [-0.15, -0.1) is 0 Å². The molecule has 0 aliphatic heterocycles. The van der Waals surface area contributed by atoms with Crippen molar-refractivity contribution in [1.29, 1.82) is 0 Å². The van der Waals surface area contributed by atoms with E-state index in [2.05, 4.69) is 10.2 Å². The number of nitrogens with one attached hydrogen (secondary N) is 1. The molecule has 0 radical (unpaired) electrons. The maximum Gasteiger partial charge on any atom is 0.0597 e. The Kier molecular flexibility index (Phi) is 4.36. The first-order valence-electron chi connectivity index (χ1n) is 6.47. The van der Waals surface area contributed by atoms with E-state index in [9.17, 15) is 5.11 Å². The van der Waals surface area contributed by atoms with Crippen LogP contribution in [0.1, 0.15) is 25.7 Å². The van der Waals surface area contributed by atoms with Crippen LogP contribution >= 0.6 is 11.6 Å². The van der Waals surface area contributed by atoms with Crippen LogP contribution in [0.3, 0.4) is 0 Å². The molecule has 0 saturated heterocycles. The zero-order valence-corrected chi connectivity index (χ0v) is 11.7. The van der Waals surface area contributed by atoms with E-state index in [1.54, 1.807) is 0 Å². The van der Waals surface area contributed by atoms with E-state index in [4.69, 9.17) is 11.6 Å². The van der Waals surface area contributed by atoms with Crippen molar-refractivity contribution in [2.75, 3.05) is 24.3 Å². The summed E-state index contributed by atoms with van der Waals surface area (Å²) in [6, 6.07) is 6.35. The fourth-order valence-electron chi connectivity index (χ4n) is 2.45. The molecule has 1 aromatic carbocycles. The van der Waals surface area contributed by atoms with Crippen LogP contribution < -0.4 is 10.2 Å². The molecule has 1 aliphatic rings. The Hall–Kier alpha value is -0.930. The molecule has 4 heteroatoms. The molecular weight excluding hydrogens is 248 g/mol. The number of aliphatic hydroxyl groups excluding tert-OH is 1. The smallest absolute Gasteiger partial charge is 0.0597 e. The fraction of sp³-hybridized carbons (Fsp3) is 0.571. The summed E-state index contributed by atoms with van der Waals surface area (Å²) in [5.41, 5.74) is 2.22. The van der Waals surface area contributed by atoms with Crippen molar-refractivity contribution in [3.05, 3.63) is 23.2 Å². The Morgan fingerprint density at radius 3 is 2.50 bits per heavy atom. The van der Waals surface area contributed by atoms with Crippen LogP contribution in [0, 0.1) is 0 Å². The normalized spacial score (nSPS) is 23.8. The Morgan fingerprint density at radius 1 is 1.22 bits per heavy atom. The molecule has 18 heavy (non-hydrogen) atoms. The van der Waals surface area contributed by atoms with Crippen LogP contribution in [-0.2, 0) is 0 Å². The van der Waals surface area contributed by atoms with E-state index < -0.39 is 0 Å². The largest absolute Gasteiger partial charge is 0.393 e. The van der Waals surface area contributed by atoms with Gasteiger partial charge in [0.15, 0.2) is 0 Å². The maximum absolute atomic E-state index is 9.52. The van der Waals surface area contributed by atoms with Crippen LogP contribution in [0.5, 0.6) is 0 Å². The summed E-state index contributed by atoms with van der Waals surface area (Å²) < 4.78 is 0. The number of hydrogen-bond acceptors (Lipinski definition) is 3. The third-order valence-corrected chi connectivity index (χ3v) is 3.73. The van der Waals surface area contributed by atoms with Crippen molar-refractivity contribution < 1.29 is 5.11 Å². The molecule has 2 rings (SSSR count). The number of benzene rings is 1. The predicted octanol–water partition coefficient (Wildman–Crippen LogP) is 3.12. The van der Waals surface area contributed by atoms with E-state index in [0.717, 1.165) is 42.1 Å². The Morgan fingerprint density at radius 2 is 1.89 bits per heavy atom. The molecule has 1 aliphatic carbocycles. The second kappa shape index (κ2) is 5.81. The second-order valence-electron chi connectivity index (χ2n) is 5.21. The number of halogens is 1. The zero-order chi connectivity index (χ0) is 13.1. The van der Waals surface area contributed by atoms with Crippen molar-refractivity contribution in [2.45, 2.75) is 37.8 Å². The summed E-state index contributed by atoms with van der Waals surface area (Å²) in [5, 5.41) is 13.8. The number of nitrogens with zero attached hydrogens (tertiary/aromatic N) is 1. The number of hydrogen-bond donors (Lipinski definition) is 2. The lowest BCUT2D eigenvalue weighted by Gasteiger charge is -2.29.